The van der Waals surface area contributed by atoms with E-state index in [0.29, 0.717) is 6.54 Å². The van der Waals surface area contributed by atoms with E-state index >= 15 is 0 Å². The van der Waals surface area contributed by atoms with Gasteiger partial charge < -0.3 is 5.73 Å². The van der Waals surface area contributed by atoms with Crippen LogP contribution in [-0.2, 0) is 6.54 Å². The lowest BCUT2D eigenvalue weighted by atomic mass is 10.0. The average Bonchev–Trinajstić information content (AvgIpc) is 2.41. The van der Waals surface area contributed by atoms with Crippen molar-refractivity contribution in [1.82, 2.24) is 4.90 Å². The van der Waals surface area contributed by atoms with Gasteiger partial charge in [-0.25, -0.2) is 0 Å². The fraction of sp³-hybridized carbons (Fsp3) is 0.500. The van der Waals surface area contributed by atoms with Crippen molar-refractivity contribution in [2.24, 2.45) is 5.73 Å². The second-order valence-electron chi connectivity index (χ2n) is 5.02. The number of piperidine rings is 1. The molecular weight excluding hydrogens is 220 g/mol. The van der Waals surface area contributed by atoms with Gasteiger partial charge in [-0.15, -0.1) is 0 Å². The number of rotatable bonds is 2. The fourth-order valence-electron chi connectivity index (χ4n) is 2.47. The number of hydrogen-bond acceptors (Lipinski definition) is 2. The minimum absolute atomic E-state index is 0.424. The molecule has 1 fully saturated rings. The van der Waals surface area contributed by atoms with Gasteiger partial charge in [0.05, 0.1) is 6.54 Å². The predicted molar refractivity (Wildman–Crippen MR) is 76.1 cm³/mol. The van der Waals surface area contributed by atoms with Crippen molar-refractivity contribution in [2.45, 2.75) is 38.8 Å². The Morgan fingerprint density at radius 3 is 2.72 bits per heavy atom. The second-order valence-corrected chi connectivity index (χ2v) is 5.02. The number of likely N-dealkylation sites (tertiary alicyclic amines) is 1. The van der Waals surface area contributed by atoms with Crippen LogP contribution in [0.1, 0.15) is 37.3 Å². The van der Waals surface area contributed by atoms with Gasteiger partial charge >= 0.3 is 0 Å². The molecule has 96 valence electrons. The number of nitrogens with zero attached hydrogens (tertiary/aromatic N) is 1. The van der Waals surface area contributed by atoms with Crippen molar-refractivity contribution in [2.75, 3.05) is 13.1 Å². The zero-order chi connectivity index (χ0) is 12.8. The van der Waals surface area contributed by atoms with Crippen LogP contribution in [0.2, 0.25) is 0 Å². The summed E-state index contributed by atoms with van der Waals surface area (Å²) in [5.74, 6) is 5.94. The summed E-state index contributed by atoms with van der Waals surface area (Å²) in [6.07, 6.45) is 4.05. The predicted octanol–water partition coefficient (Wildman–Crippen LogP) is 2.37. The van der Waals surface area contributed by atoms with Gasteiger partial charge in [0.15, 0.2) is 0 Å². The first-order valence-electron chi connectivity index (χ1n) is 6.81. The van der Waals surface area contributed by atoms with Crippen molar-refractivity contribution in [3.05, 3.63) is 35.4 Å². The number of benzene rings is 1. The van der Waals surface area contributed by atoms with Gasteiger partial charge in [-0.3, -0.25) is 4.90 Å². The molecule has 0 radical (unpaired) electrons. The Labute approximate surface area is 110 Å². The standard InChI is InChI=1S/C16H22N2/c1-14-5-2-3-12-18(14)13-16-9-7-15(8-10-16)6-4-11-17/h7-10,14H,2-3,5,11-13,17H2,1H3. The Morgan fingerprint density at radius 1 is 1.28 bits per heavy atom. The minimum Gasteiger partial charge on any atom is -0.320 e. The van der Waals surface area contributed by atoms with Gasteiger partial charge in [-0.2, -0.15) is 0 Å². The Morgan fingerprint density at radius 2 is 2.06 bits per heavy atom. The van der Waals surface area contributed by atoms with Crippen LogP contribution in [0, 0.1) is 11.8 Å². The minimum atomic E-state index is 0.424. The normalized spacial score (nSPS) is 20.2. The van der Waals surface area contributed by atoms with Gasteiger partial charge in [0.2, 0.25) is 0 Å². The molecular formula is C16H22N2. The van der Waals surface area contributed by atoms with Crippen molar-refractivity contribution in [3.63, 3.8) is 0 Å². The Kier molecular flexibility index (Phi) is 4.81. The molecule has 2 nitrogen and oxygen atoms in total. The van der Waals surface area contributed by atoms with E-state index < -0.39 is 0 Å². The lowest BCUT2D eigenvalue weighted by molar-refractivity contribution is 0.152. The highest BCUT2D eigenvalue weighted by Crippen LogP contribution is 2.19. The molecule has 0 aliphatic carbocycles. The van der Waals surface area contributed by atoms with Crippen LogP contribution in [0.3, 0.4) is 0 Å². The molecule has 1 saturated heterocycles. The summed E-state index contributed by atoms with van der Waals surface area (Å²) < 4.78 is 0. The highest BCUT2D eigenvalue weighted by atomic mass is 15.2. The van der Waals surface area contributed by atoms with Crippen LogP contribution < -0.4 is 5.73 Å². The zero-order valence-electron chi connectivity index (χ0n) is 11.2. The van der Waals surface area contributed by atoms with Crippen LogP contribution in [0.25, 0.3) is 0 Å². The van der Waals surface area contributed by atoms with E-state index in [9.17, 15) is 0 Å². The summed E-state index contributed by atoms with van der Waals surface area (Å²) in [6, 6.07) is 9.26. The molecule has 1 atom stereocenters. The largest absolute Gasteiger partial charge is 0.320 e. The monoisotopic (exact) mass is 242 g/mol. The second kappa shape index (κ2) is 6.58. The van der Waals surface area contributed by atoms with Crippen LogP contribution in [0.15, 0.2) is 24.3 Å². The molecule has 0 amide bonds. The van der Waals surface area contributed by atoms with Gasteiger partial charge in [0, 0.05) is 18.2 Å². The van der Waals surface area contributed by atoms with Crippen LogP contribution >= 0.6 is 0 Å². The van der Waals surface area contributed by atoms with Crippen LogP contribution in [0.5, 0.6) is 0 Å². The van der Waals surface area contributed by atoms with E-state index in [0.717, 1.165) is 18.2 Å². The summed E-state index contributed by atoms with van der Waals surface area (Å²) >= 11 is 0. The summed E-state index contributed by atoms with van der Waals surface area (Å²) in [5.41, 5.74) is 7.79. The molecule has 0 saturated carbocycles. The van der Waals surface area contributed by atoms with Gasteiger partial charge in [-0.05, 0) is 44.0 Å². The van der Waals surface area contributed by atoms with E-state index in [-0.39, 0.29) is 0 Å². The van der Waals surface area contributed by atoms with Crippen molar-refractivity contribution in [1.29, 1.82) is 0 Å². The maximum Gasteiger partial charge on any atom is 0.0555 e. The van der Waals surface area contributed by atoms with Gasteiger partial charge in [0.1, 0.15) is 0 Å². The molecule has 1 aliphatic heterocycles. The lowest BCUT2D eigenvalue weighted by Gasteiger charge is -2.33. The molecule has 2 heteroatoms. The topological polar surface area (TPSA) is 29.3 Å². The molecule has 1 unspecified atom stereocenters. The maximum absolute atomic E-state index is 5.36. The SMILES string of the molecule is CC1CCCCN1Cc1ccc(C#CCN)cc1. The first-order valence-corrected chi connectivity index (χ1v) is 6.81. The highest BCUT2D eigenvalue weighted by molar-refractivity contribution is 5.36. The number of nitrogens with two attached hydrogens (primary N) is 1. The Hall–Kier alpha value is -1.30. The molecule has 1 aromatic carbocycles. The molecule has 1 heterocycles. The van der Waals surface area contributed by atoms with Crippen molar-refractivity contribution in [3.8, 4) is 11.8 Å². The summed E-state index contributed by atoms with van der Waals surface area (Å²) in [4.78, 5) is 2.57. The molecule has 2 rings (SSSR count). The van der Waals surface area contributed by atoms with Crippen molar-refractivity contribution < 1.29 is 0 Å². The van der Waals surface area contributed by atoms with Gasteiger partial charge in [0.25, 0.3) is 0 Å². The molecule has 0 bridgehead atoms. The Balaban J connectivity index is 1.97. The Bertz CT molecular complexity index is 425. The third-order valence-corrected chi connectivity index (χ3v) is 3.61. The zero-order valence-corrected chi connectivity index (χ0v) is 11.2. The van der Waals surface area contributed by atoms with E-state index in [1.165, 1.54) is 31.4 Å². The molecule has 2 N–H and O–H groups in total. The first kappa shape index (κ1) is 13.1. The maximum atomic E-state index is 5.36. The molecule has 0 spiro atoms. The van der Waals surface area contributed by atoms with E-state index in [1.807, 2.05) is 0 Å². The van der Waals surface area contributed by atoms with E-state index in [1.54, 1.807) is 0 Å². The molecule has 1 aliphatic rings. The molecule has 0 aromatic heterocycles. The first-order chi connectivity index (χ1) is 8.79. The lowest BCUT2D eigenvalue weighted by Crippen LogP contribution is -2.36. The highest BCUT2D eigenvalue weighted by Gasteiger charge is 2.17. The fourth-order valence-corrected chi connectivity index (χ4v) is 2.47. The van der Waals surface area contributed by atoms with E-state index in [2.05, 4.69) is 47.9 Å². The van der Waals surface area contributed by atoms with Crippen LogP contribution in [-0.4, -0.2) is 24.0 Å². The summed E-state index contributed by atoms with van der Waals surface area (Å²) in [7, 11) is 0. The summed E-state index contributed by atoms with van der Waals surface area (Å²) in [6.45, 7) is 5.05. The average molecular weight is 242 g/mol. The van der Waals surface area contributed by atoms with Gasteiger partial charge in [-0.1, -0.05) is 30.4 Å². The summed E-state index contributed by atoms with van der Waals surface area (Å²) in [5, 5.41) is 0. The van der Waals surface area contributed by atoms with Crippen molar-refractivity contribution >= 4 is 0 Å². The van der Waals surface area contributed by atoms with Crippen LogP contribution in [0.4, 0.5) is 0 Å². The smallest absolute Gasteiger partial charge is 0.0555 e. The quantitative estimate of drug-likeness (QED) is 0.807. The number of hydrogen-bond donors (Lipinski definition) is 1. The van der Waals surface area contributed by atoms with E-state index in [4.69, 9.17) is 5.73 Å². The molecule has 1 aromatic rings. The molecule has 18 heavy (non-hydrogen) atoms. The third-order valence-electron chi connectivity index (χ3n) is 3.61. The third kappa shape index (κ3) is 3.60.